The van der Waals surface area contributed by atoms with E-state index < -0.39 is 5.69 Å². The molecular formula is C9H13N3O3. The van der Waals surface area contributed by atoms with Gasteiger partial charge in [0.25, 0.3) is 0 Å². The first-order valence-corrected chi connectivity index (χ1v) is 4.79. The van der Waals surface area contributed by atoms with Gasteiger partial charge in [0.15, 0.2) is 0 Å². The Labute approximate surface area is 86.3 Å². The molecule has 0 saturated heterocycles. The molecule has 0 saturated carbocycles. The number of aromatic nitrogens is 2. The number of nitrogens with zero attached hydrogens (tertiary/aromatic N) is 2. The maximum Gasteiger partial charge on any atom is 0.351 e. The standard InChI is InChI=1S/C9H13N3O3/c10-8-3-6-1-2-7(4-13)15-5-12(6)9(14)11-8/h3,7,13H,1-2,4-5H2,(H2,10,11,14). The summed E-state index contributed by atoms with van der Waals surface area (Å²) in [4.78, 5) is 15.1. The van der Waals surface area contributed by atoms with Gasteiger partial charge in [-0.2, -0.15) is 4.98 Å². The summed E-state index contributed by atoms with van der Waals surface area (Å²) in [6.07, 6.45) is 1.12. The normalized spacial score (nSPS) is 20.7. The fourth-order valence-electron chi connectivity index (χ4n) is 1.64. The highest BCUT2D eigenvalue weighted by Crippen LogP contribution is 2.13. The molecule has 82 valence electrons. The predicted molar refractivity (Wildman–Crippen MR) is 53.2 cm³/mol. The van der Waals surface area contributed by atoms with Crippen LogP contribution in [0.5, 0.6) is 0 Å². The number of anilines is 1. The minimum atomic E-state index is -0.399. The summed E-state index contributed by atoms with van der Waals surface area (Å²) in [5, 5.41) is 8.97. The third-order valence-electron chi connectivity index (χ3n) is 2.48. The molecule has 0 bridgehead atoms. The lowest BCUT2D eigenvalue weighted by atomic mass is 10.1. The molecule has 15 heavy (non-hydrogen) atoms. The third kappa shape index (κ3) is 2.00. The minimum Gasteiger partial charge on any atom is -0.394 e. The van der Waals surface area contributed by atoms with E-state index in [0.29, 0.717) is 12.8 Å². The van der Waals surface area contributed by atoms with Crippen molar-refractivity contribution in [2.45, 2.75) is 25.7 Å². The highest BCUT2D eigenvalue weighted by atomic mass is 16.5. The summed E-state index contributed by atoms with van der Waals surface area (Å²) in [6, 6.07) is 1.67. The number of aliphatic hydroxyl groups excluding tert-OH is 1. The van der Waals surface area contributed by atoms with Gasteiger partial charge in [0.1, 0.15) is 12.5 Å². The van der Waals surface area contributed by atoms with E-state index in [1.807, 2.05) is 0 Å². The van der Waals surface area contributed by atoms with Gasteiger partial charge in [-0.3, -0.25) is 4.57 Å². The maximum atomic E-state index is 11.5. The zero-order chi connectivity index (χ0) is 10.8. The van der Waals surface area contributed by atoms with Crippen LogP contribution >= 0.6 is 0 Å². The topological polar surface area (TPSA) is 90.4 Å². The second-order valence-electron chi connectivity index (χ2n) is 3.52. The number of hydrogen-bond acceptors (Lipinski definition) is 5. The van der Waals surface area contributed by atoms with Gasteiger partial charge in [-0.15, -0.1) is 0 Å². The zero-order valence-corrected chi connectivity index (χ0v) is 8.22. The summed E-state index contributed by atoms with van der Waals surface area (Å²) in [6.45, 7) is 0.0956. The Hall–Kier alpha value is -1.40. The fraction of sp³-hybridized carbons (Fsp3) is 0.556. The summed E-state index contributed by atoms with van der Waals surface area (Å²) < 4.78 is 6.77. The molecule has 0 spiro atoms. The number of rotatable bonds is 1. The Morgan fingerprint density at radius 1 is 1.73 bits per heavy atom. The molecule has 2 rings (SSSR count). The average molecular weight is 211 g/mol. The molecule has 1 aliphatic heterocycles. The molecule has 1 aromatic rings. The van der Waals surface area contributed by atoms with Crippen molar-refractivity contribution in [2.24, 2.45) is 0 Å². The molecule has 0 fully saturated rings. The SMILES string of the molecule is Nc1cc2n(c(=O)n1)COC(CO)CC2. The highest BCUT2D eigenvalue weighted by Gasteiger charge is 2.17. The van der Waals surface area contributed by atoms with Crippen molar-refractivity contribution < 1.29 is 9.84 Å². The largest absolute Gasteiger partial charge is 0.394 e. The third-order valence-corrected chi connectivity index (χ3v) is 2.48. The van der Waals surface area contributed by atoms with Crippen LogP contribution in [0.1, 0.15) is 12.1 Å². The summed E-state index contributed by atoms with van der Waals surface area (Å²) in [5.74, 6) is 0.230. The molecule has 6 heteroatoms. The van der Waals surface area contributed by atoms with Crippen LogP contribution in [-0.4, -0.2) is 27.4 Å². The van der Waals surface area contributed by atoms with Gasteiger partial charge in [-0.1, -0.05) is 0 Å². The van der Waals surface area contributed by atoms with Gasteiger partial charge in [0, 0.05) is 11.8 Å². The number of ether oxygens (including phenoxy) is 1. The van der Waals surface area contributed by atoms with Crippen LogP contribution in [0.2, 0.25) is 0 Å². The van der Waals surface area contributed by atoms with Crippen LogP contribution in [0.4, 0.5) is 5.82 Å². The van der Waals surface area contributed by atoms with Gasteiger partial charge in [-0.05, 0) is 12.8 Å². The molecule has 1 unspecified atom stereocenters. The monoisotopic (exact) mass is 211 g/mol. The molecule has 1 aromatic heterocycles. The number of nitrogens with two attached hydrogens (primary N) is 1. The van der Waals surface area contributed by atoms with Gasteiger partial charge in [0.05, 0.1) is 12.7 Å². The Bertz CT molecular complexity index is 416. The quantitative estimate of drug-likeness (QED) is 0.628. The van der Waals surface area contributed by atoms with E-state index in [2.05, 4.69) is 4.98 Å². The van der Waals surface area contributed by atoms with Gasteiger partial charge >= 0.3 is 5.69 Å². The first-order chi connectivity index (χ1) is 7.20. The smallest absolute Gasteiger partial charge is 0.351 e. The molecule has 1 atom stereocenters. The number of aliphatic hydroxyl groups is 1. The van der Waals surface area contributed by atoms with Crippen molar-refractivity contribution in [1.29, 1.82) is 0 Å². The lowest BCUT2D eigenvalue weighted by Gasteiger charge is -2.10. The zero-order valence-electron chi connectivity index (χ0n) is 8.22. The maximum absolute atomic E-state index is 11.5. The summed E-state index contributed by atoms with van der Waals surface area (Å²) >= 11 is 0. The first kappa shape index (κ1) is 10.1. The summed E-state index contributed by atoms with van der Waals surface area (Å²) in [5.41, 5.74) is 5.90. The fourth-order valence-corrected chi connectivity index (χ4v) is 1.64. The molecule has 0 radical (unpaired) electrons. The second-order valence-corrected chi connectivity index (χ2v) is 3.52. The van der Waals surface area contributed by atoms with E-state index in [9.17, 15) is 4.79 Å². The second kappa shape index (κ2) is 4.00. The Kier molecular flexibility index (Phi) is 2.70. The molecule has 0 aliphatic carbocycles. The van der Waals surface area contributed by atoms with E-state index >= 15 is 0 Å². The molecule has 0 aromatic carbocycles. The van der Waals surface area contributed by atoms with Crippen LogP contribution in [-0.2, 0) is 17.9 Å². The first-order valence-electron chi connectivity index (χ1n) is 4.79. The number of fused-ring (bicyclic) bond motifs is 1. The van der Waals surface area contributed by atoms with Crippen LogP contribution in [0.15, 0.2) is 10.9 Å². The molecule has 6 nitrogen and oxygen atoms in total. The van der Waals surface area contributed by atoms with Crippen molar-refractivity contribution in [3.63, 3.8) is 0 Å². The molecule has 3 N–H and O–H groups in total. The average Bonchev–Trinajstić information content (AvgIpc) is 2.40. The van der Waals surface area contributed by atoms with Crippen molar-refractivity contribution in [3.8, 4) is 0 Å². The van der Waals surface area contributed by atoms with Crippen molar-refractivity contribution in [2.75, 3.05) is 12.3 Å². The lowest BCUT2D eigenvalue weighted by molar-refractivity contribution is -0.0213. The van der Waals surface area contributed by atoms with Gasteiger partial charge in [-0.25, -0.2) is 4.79 Å². The molecule has 2 heterocycles. The van der Waals surface area contributed by atoms with Crippen molar-refractivity contribution in [1.82, 2.24) is 9.55 Å². The molecular weight excluding hydrogens is 198 g/mol. The number of aryl methyl sites for hydroxylation is 1. The van der Waals surface area contributed by atoms with Crippen LogP contribution in [0.25, 0.3) is 0 Å². The van der Waals surface area contributed by atoms with Crippen LogP contribution in [0.3, 0.4) is 0 Å². The van der Waals surface area contributed by atoms with Crippen molar-refractivity contribution >= 4 is 5.82 Å². The van der Waals surface area contributed by atoms with Crippen LogP contribution in [0, 0.1) is 0 Å². The van der Waals surface area contributed by atoms with Crippen LogP contribution < -0.4 is 11.4 Å². The van der Waals surface area contributed by atoms with E-state index in [4.69, 9.17) is 15.6 Å². The minimum absolute atomic E-state index is 0.0361. The summed E-state index contributed by atoms with van der Waals surface area (Å²) in [7, 11) is 0. The molecule has 0 amide bonds. The molecule has 1 aliphatic rings. The van der Waals surface area contributed by atoms with Crippen molar-refractivity contribution in [3.05, 3.63) is 22.2 Å². The van der Waals surface area contributed by atoms with E-state index in [0.717, 1.165) is 5.69 Å². The van der Waals surface area contributed by atoms with E-state index in [-0.39, 0.29) is 25.3 Å². The number of hydrogen-bond donors (Lipinski definition) is 2. The predicted octanol–water partition coefficient (Wildman–Crippen LogP) is -0.893. The Balaban J connectivity index is 2.35. The Morgan fingerprint density at radius 3 is 3.27 bits per heavy atom. The van der Waals surface area contributed by atoms with Gasteiger partial charge in [0.2, 0.25) is 0 Å². The highest BCUT2D eigenvalue weighted by molar-refractivity contribution is 5.28. The van der Waals surface area contributed by atoms with Gasteiger partial charge < -0.3 is 15.6 Å². The number of nitrogen functional groups attached to an aromatic ring is 1. The lowest BCUT2D eigenvalue weighted by Crippen LogP contribution is -2.27. The van der Waals surface area contributed by atoms with E-state index in [1.54, 1.807) is 6.07 Å². The Morgan fingerprint density at radius 2 is 2.53 bits per heavy atom. The van der Waals surface area contributed by atoms with E-state index in [1.165, 1.54) is 4.57 Å².